The Bertz CT molecular complexity index is 598. The summed E-state index contributed by atoms with van der Waals surface area (Å²) in [6, 6.07) is 6.59. The number of carbonyl (C=O) groups is 1. The summed E-state index contributed by atoms with van der Waals surface area (Å²) < 4.78 is 0. The van der Waals surface area contributed by atoms with Crippen molar-refractivity contribution >= 4 is 33.8 Å². The number of hydrogen-bond donors (Lipinski definition) is 1. The molecule has 5 nitrogen and oxygen atoms in total. The van der Waals surface area contributed by atoms with Crippen LogP contribution < -0.4 is 10.6 Å². The van der Waals surface area contributed by atoms with E-state index in [0.29, 0.717) is 0 Å². The summed E-state index contributed by atoms with van der Waals surface area (Å²) in [5.74, 6) is 1.14. The highest BCUT2D eigenvalue weighted by molar-refractivity contribution is 7.18. The highest BCUT2D eigenvalue weighted by atomic mass is 32.1. The Balaban J connectivity index is 0.000000497. The average Bonchev–Trinajstić information content (AvgIpc) is 2.68. The van der Waals surface area contributed by atoms with Crippen molar-refractivity contribution in [2.24, 2.45) is 5.73 Å². The first-order valence-electron chi connectivity index (χ1n) is 7.10. The molecule has 0 unspecified atom stereocenters. The van der Waals surface area contributed by atoms with Crippen LogP contribution in [-0.2, 0) is 4.79 Å². The van der Waals surface area contributed by atoms with Crippen LogP contribution in [0.15, 0.2) is 18.2 Å². The number of carbonyl (C=O) groups excluding carboxylic acids is 1. The van der Waals surface area contributed by atoms with Crippen LogP contribution in [0, 0.1) is 6.92 Å². The Morgan fingerprint density at radius 3 is 2.81 bits per heavy atom. The summed E-state index contributed by atoms with van der Waals surface area (Å²) in [6.07, 6.45) is 1.47. The van der Waals surface area contributed by atoms with E-state index in [2.05, 4.69) is 47.7 Å². The fourth-order valence-corrected chi connectivity index (χ4v) is 3.36. The summed E-state index contributed by atoms with van der Waals surface area (Å²) in [5.41, 5.74) is 4.17. The molecule has 114 valence electrons. The smallest absolute Gasteiger partial charge is 0.204 e. The van der Waals surface area contributed by atoms with Crippen LogP contribution in [-0.4, -0.2) is 49.5 Å². The van der Waals surface area contributed by atoms with Gasteiger partial charge < -0.3 is 15.5 Å². The van der Waals surface area contributed by atoms with Crippen molar-refractivity contribution in [3.05, 3.63) is 23.1 Å². The van der Waals surface area contributed by atoms with Gasteiger partial charge in [0.25, 0.3) is 0 Å². The molecule has 2 aromatic heterocycles. The van der Waals surface area contributed by atoms with E-state index in [9.17, 15) is 0 Å². The van der Waals surface area contributed by atoms with E-state index in [0.717, 1.165) is 25.5 Å². The Hall–Kier alpha value is -1.66. The lowest BCUT2D eigenvalue weighted by atomic mass is 10.3. The quantitative estimate of drug-likeness (QED) is 0.817. The van der Waals surface area contributed by atoms with Crippen LogP contribution in [0.1, 0.15) is 11.3 Å². The Morgan fingerprint density at radius 2 is 2.05 bits per heavy atom. The lowest BCUT2D eigenvalue weighted by Crippen LogP contribution is -2.29. The van der Waals surface area contributed by atoms with Crippen LogP contribution in [0.25, 0.3) is 10.2 Å². The maximum Gasteiger partial charge on any atom is 0.204 e. The van der Waals surface area contributed by atoms with Gasteiger partial charge in [-0.15, -0.1) is 11.3 Å². The van der Waals surface area contributed by atoms with Gasteiger partial charge >= 0.3 is 0 Å². The van der Waals surface area contributed by atoms with E-state index in [1.54, 1.807) is 11.3 Å². The second-order valence-corrected chi connectivity index (χ2v) is 6.44. The number of likely N-dealkylation sites (N-methyl/N-ethyl adjacent to an activating group) is 1. The van der Waals surface area contributed by atoms with Crippen molar-refractivity contribution in [1.29, 1.82) is 0 Å². The number of hydrogen-bond acceptors (Lipinski definition) is 5. The number of nitrogens with two attached hydrogens (primary N) is 1. The molecule has 0 aliphatic carbocycles. The number of pyridine rings is 1. The molecule has 2 N–H and O–H groups in total. The lowest BCUT2D eigenvalue weighted by Gasteiger charge is -2.21. The molecular formula is C15H22N4OS. The summed E-state index contributed by atoms with van der Waals surface area (Å²) in [4.78, 5) is 20.7. The monoisotopic (exact) mass is 306 g/mol. The summed E-state index contributed by atoms with van der Waals surface area (Å²) >= 11 is 1.79. The number of fused-ring (bicyclic) bond motifs is 1. The molecule has 2 aromatic rings. The van der Waals surface area contributed by atoms with Gasteiger partial charge in [0.15, 0.2) is 0 Å². The highest BCUT2D eigenvalue weighted by Crippen LogP contribution is 2.26. The normalized spacial score (nSPS) is 16.2. The number of anilines is 1. The molecule has 1 fully saturated rings. The van der Waals surface area contributed by atoms with Crippen molar-refractivity contribution in [3.8, 4) is 0 Å². The van der Waals surface area contributed by atoms with Crippen LogP contribution in [0.2, 0.25) is 0 Å². The average molecular weight is 306 g/mol. The zero-order chi connectivity index (χ0) is 15.2. The predicted octanol–water partition coefficient (Wildman–Crippen LogP) is 1.85. The largest absolute Gasteiger partial charge is 0.372 e. The van der Waals surface area contributed by atoms with Crippen molar-refractivity contribution in [3.63, 3.8) is 0 Å². The fraction of sp³-hybridized carbons (Fsp3) is 0.467. The summed E-state index contributed by atoms with van der Waals surface area (Å²) in [5, 5.41) is 1.27. The molecule has 1 saturated heterocycles. The van der Waals surface area contributed by atoms with Gasteiger partial charge in [-0.25, -0.2) is 4.98 Å². The standard InChI is InChI=1S/C14H19N3S.CH3NO/c1-11-10-12-4-5-13(15-14(12)18-11)17-7-3-6-16(2)8-9-17;2-1-3/h4-5,10H,3,6-9H2,1-2H3;1H,(H2,2,3). The molecule has 3 rings (SSSR count). The molecule has 1 aliphatic heterocycles. The number of rotatable bonds is 1. The molecule has 0 bridgehead atoms. The van der Waals surface area contributed by atoms with E-state index >= 15 is 0 Å². The van der Waals surface area contributed by atoms with E-state index in [1.165, 1.54) is 28.1 Å². The minimum atomic E-state index is 0.250. The maximum absolute atomic E-state index is 8.58. The lowest BCUT2D eigenvalue weighted by molar-refractivity contribution is -0.106. The third kappa shape index (κ3) is 4.15. The third-order valence-corrected chi connectivity index (χ3v) is 4.50. The van der Waals surface area contributed by atoms with Crippen LogP contribution in [0.4, 0.5) is 5.82 Å². The van der Waals surface area contributed by atoms with Gasteiger partial charge in [-0.05, 0) is 45.1 Å². The van der Waals surface area contributed by atoms with Gasteiger partial charge in [0.2, 0.25) is 6.41 Å². The van der Waals surface area contributed by atoms with Crippen molar-refractivity contribution < 1.29 is 4.79 Å². The topological polar surface area (TPSA) is 62.5 Å². The molecule has 21 heavy (non-hydrogen) atoms. The van der Waals surface area contributed by atoms with Gasteiger partial charge in [-0.1, -0.05) is 0 Å². The fourth-order valence-electron chi connectivity index (χ4n) is 2.49. The maximum atomic E-state index is 8.58. The van der Waals surface area contributed by atoms with Crippen molar-refractivity contribution in [2.45, 2.75) is 13.3 Å². The number of nitrogens with zero attached hydrogens (tertiary/aromatic N) is 3. The highest BCUT2D eigenvalue weighted by Gasteiger charge is 2.14. The van der Waals surface area contributed by atoms with E-state index in [4.69, 9.17) is 9.78 Å². The molecular weight excluding hydrogens is 284 g/mol. The number of aryl methyl sites for hydroxylation is 1. The third-order valence-electron chi connectivity index (χ3n) is 3.53. The Kier molecular flexibility index (Phi) is 5.52. The molecule has 0 saturated carbocycles. The van der Waals surface area contributed by atoms with Gasteiger partial charge in [0.1, 0.15) is 10.6 Å². The van der Waals surface area contributed by atoms with Gasteiger partial charge in [-0.2, -0.15) is 0 Å². The van der Waals surface area contributed by atoms with Crippen LogP contribution in [0.5, 0.6) is 0 Å². The second kappa shape index (κ2) is 7.38. The predicted molar refractivity (Wildman–Crippen MR) is 88.9 cm³/mol. The SMILES string of the molecule is Cc1cc2ccc(N3CCCN(C)CC3)nc2s1.NC=O. The van der Waals surface area contributed by atoms with Crippen LogP contribution >= 0.6 is 11.3 Å². The number of thiophene rings is 1. The molecule has 0 spiro atoms. The van der Waals surface area contributed by atoms with Crippen LogP contribution in [0.3, 0.4) is 0 Å². The minimum Gasteiger partial charge on any atom is -0.372 e. The van der Waals surface area contributed by atoms with E-state index in [1.807, 2.05) is 0 Å². The van der Waals surface area contributed by atoms with Gasteiger partial charge in [0, 0.05) is 29.9 Å². The van der Waals surface area contributed by atoms with E-state index < -0.39 is 0 Å². The molecule has 1 aliphatic rings. The van der Waals surface area contributed by atoms with Crippen molar-refractivity contribution in [2.75, 3.05) is 38.1 Å². The molecule has 3 heterocycles. The summed E-state index contributed by atoms with van der Waals surface area (Å²) in [7, 11) is 2.20. The minimum absolute atomic E-state index is 0.250. The van der Waals surface area contributed by atoms with Crippen molar-refractivity contribution in [1.82, 2.24) is 9.88 Å². The number of aromatic nitrogens is 1. The number of primary amides is 1. The van der Waals surface area contributed by atoms with E-state index in [-0.39, 0.29) is 6.41 Å². The first kappa shape index (κ1) is 15.7. The molecule has 0 radical (unpaired) electrons. The summed E-state index contributed by atoms with van der Waals surface area (Å²) in [6.45, 7) is 6.67. The zero-order valence-electron chi connectivity index (χ0n) is 12.6. The number of amides is 1. The Labute approximate surface area is 129 Å². The van der Waals surface area contributed by atoms with Gasteiger partial charge in [0.05, 0.1) is 0 Å². The first-order valence-corrected chi connectivity index (χ1v) is 7.91. The Morgan fingerprint density at radius 1 is 1.29 bits per heavy atom. The molecule has 6 heteroatoms. The second-order valence-electron chi connectivity index (χ2n) is 5.20. The molecule has 1 amide bonds. The van der Waals surface area contributed by atoms with Gasteiger partial charge in [-0.3, -0.25) is 4.79 Å². The first-order chi connectivity index (χ1) is 10.1. The molecule has 0 aromatic carbocycles. The molecule has 0 atom stereocenters. The zero-order valence-corrected chi connectivity index (χ0v) is 13.4.